The third-order valence-electron chi connectivity index (χ3n) is 3.50. The summed E-state index contributed by atoms with van der Waals surface area (Å²) in [5, 5.41) is 3.42. The van der Waals surface area contributed by atoms with Crippen molar-refractivity contribution < 1.29 is 0 Å². The maximum Gasteiger partial charge on any atom is 0.0599 e. The Balaban J connectivity index is 1.91. The topological polar surface area (TPSA) is 15.3 Å². The van der Waals surface area contributed by atoms with E-state index in [1.165, 1.54) is 45.4 Å². The Kier molecular flexibility index (Phi) is 2.57. The molecule has 0 radical (unpaired) electrons. The van der Waals surface area contributed by atoms with Crippen molar-refractivity contribution in [1.29, 1.82) is 0 Å². The molecule has 1 N–H and O–H groups in total. The van der Waals surface area contributed by atoms with Gasteiger partial charge in [0.1, 0.15) is 0 Å². The molecule has 0 saturated carbocycles. The number of piperidine rings is 1. The maximum absolute atomic E-state index is 5.32. The molecule has 0 amide bonds. The molecule has 2 nitrogen and oxygen atoms in total. The van der Waals surface area contributed by atoms with Gasteiger partial charge in [0.05, 0.1) is 6.54 Å². The van der Waals surface area contributed by atoms with Gasteiger partial charge in [-0.15, -0.1) is 6.42 Å². The largest absolute Gasteiger partial charge is 0.317 e. The van der Waals surface area contributed by atoms with Crippen LogP contribution in [0.15, 0.2) is 0 Å². The first-order chi connectivity index (χ1) is 6.35. The predicted molar refractivity (Wildman–Crippen MR) is 54.4 cm³/mol. The number of hydrogen-bond acceptors (Lipinski definition) is 2. The van der Waals surface area contributed by atoms with E-state index in [0.29, 0.717) is 5.41 Å². The van der Waals surface area contributed by atoms with Gasteiger partial charge in [0.15, 0.2) is 0 Å². The van der Waals surface area contributed by atoms with Gasteiger partial charge in [-0.3, -0.25) is 4.90 Å². The van der Waals surface area contributed by atoms with Crippen LogP contribution in [0.5, 0.6) is 0 Å². The van der Waals surface area contributed by atoms with Crippen molar-refractivity contribution in [2.45, 2.75) is 19.3 Å². The lowest BCUT2D eigenvalue weighted by Gasteiger charge is -2.33. The fraction of sp³-hybridized carbons (Fsp3) is 0.818. The molecule has 0 unspecified atom stereocenters. The summed E-state index contributed by atoms with van der Waals surface area (Å²) in [5.41, 5.74) is 0.613. The number of terminal acetylenes is 1. The Hall–Kier alpha value is -0.520. The summed E-state index contributed by atoms with van der Waals surface area (Å²) in [4.78, 5) is 2.42. The van der Waals surface area contributed by atoms with Crippen LogP contribution in [0.25, 0.3) is 0 Å². The highest BCUT2D eigenvalue weighted by Crippen LogP contribution is 2.38. The third kappa shape index (κ3) is 1.87. The minimum atomic E-state index is 0.613. The Bertz CT molecular complexity index is 211. The summed E-state index contributed by atoms with van der Waals surface area (Å²) < 4.78 is 0. The normalized spacial score (nSPS) is 27.6. The molecule has 2 heteroatoms. The van der Waals surface area contributed by atoms with E-state index in [4.69, 9.17) is 6.42 Å². The summed E-state index contributed by atoms with van der Waals surface area (Å²) in [5.74, 6) is 2.74. The van der Waals surface area contributed by atoms with Crippen LogP contribution in [-0.4, -0.2) is 37.6 Å². The molecule has 0 aromatic heterocycles. The highest BCUT2D eigenvalue weighted by molar-refractivity contribution is 4.97. The fourth-order valence-corrected chi connectivity index (χ4v) is 2.66. The molecular weight excluding hydrogens is 160 g/mol. The van der Waals surface area contributed by atoms with E-state index in [2.05, 4.69) is 16.1 Å². The first kappa shape index (κ1) is 9.05. The molecule has 13 heavy (non-hydrogen) atoms. The minimum Gasteiger partial charge on any atom is -0.317 e. The number of hydrogen-bond donors (Lipinski definition) is 1. The summed E-state index contributed by atoms with van der Waals surface area (Å²) in [7, 11) is 0. The first-order valence-corrected chi connectivity index (χ1v) is 5.21. The van der Waals surface area contributed by atoms with Gasteiger partial charge in [-0.1, -0.05) is 5.92 Å². The zero-order valence-electron chi connectivity index (χ0n) is 8.18. The monoisotopic (exact) mass is 178 g/mol. The van der Waals surface area contributed by atoms with Gasteiger partial charge in [-0.05, 0) is 44.3 Å². The van der Waals surface area contributed by atoms with Crippen LogP contribution in [-0.2, 0) is 0 Å². The summed E-state index contributed by atoms with van der Waals surface area (Å²) in [6.45, 7) is 5.69. The lowest BCUT2D eigenvalue weighted by Crippen LogP contribution is -2.38. The highest BCUT2D eigenvalue weighted by atomic mass is 15.2. The molecule has 2 aliphatic rings. The van der Waals surface area contributed by atoms with Gasteiger partial charge in [-0.2, -0.15) is 0 Å². The molecule has 0 atom stereocenters. The quantitative estimate of drug-likeness (QED) is 0.594. The van der Waals surface area contributed by atoms with E-state index < -0.39 is 0 Å². The van der Waals surface area contributed by atoms with Crippen LogP contribution in [0.1, 0.15) is 19.3 Å². The van der Waals surface area contributed by atoms with E-state index in [1.54, 1.807) is 0 Å². The van der Waals surface area contributed by atoms with Crippen LogP contribution in [0.2, 0.25) is 0 Å². The predicted octanol–water partition coefficient (Wildman–Crippen LogP) is 0.695. The second-order valence-electron chi connectivity index (χ2n) is 4.41. The van der Waals surface area contributed by atoms with E-state index in [-0.39, 0.29) is 0 Å². The molecule has 0 bridgehead atoms. The lowest BCUT2D eigenvalue weighted by molar-refractivity contribution is 0.203. The molecule has 2 fully saturated rings. The molecule has 0 aromatic carbocycles. The molecule has 0 aromatic rings. The van der Waals surface area contributed by atoms with Crippen LogP contribution in [0.4, 0.5) is 0 Å². The van der Waals surface area contributed by atoms with Crippen molar-refractivity contribution in [3.05, 3.63) is 0 Å². The highest BCUT2D eigenvalue weighted by Gasteiger charge is 2.38. The van der Waals surface area contributed by atoms with Gasteiger partial charge in [-0.25, -0.2) is 0 Å². The first-order valence-electron chi connectivity index (χ1n) is 5.21. The molecule has 2 aliphatic heterocycles. The average Bonchev–Trinajstić information content (AvgIpc) is 2.51. The molecule has 72 valence electrons. The van der Waals surface area contributed by atoms with Crippen LogP contribution in [0, 0.1) is 17.8 Å². The molecule has 1 spiro atoms. The maximum atomic E-state index is 5.32. The Morgan fingerprint density at radius 3 is 2.77 bits per heavy atom. The SMILES string of the molecule is C#CCN1CCC2(CCNCC2)C1. The number of nitrogens with one attached hydrogen (secondary N) is 1. The zero-order chi connectivity index (χ0) is 9.15. The summed E-state index contributed by atoms with van der Waals surface area (Å²) >= 11 is 0. The Labute approximate surface area is 80.7 Å². The van der Waals surface area contributed by atoms with Crippen molar-refractivity contribution in [3.8, 4) is 12.3 Å². The van der Waals surface area contributed by atoms with Crippen molar-refractivity contribution in [2.75, 3.05) is 32.7 Å². The number of nitrogens with zero attached hydrogens (tertiary/aromatic N) is 1. The lowest BCUT2D eigenvalue weighted by atomic mass is 9.78. The fourth-order valence-electron chi connectivity index (χ4n) is 2.66. The molecular formula is C11H18N2. The van der Waals surface area contributed by atoms with Gasteiger partial charge in [0.2, 0.25) is 0 Å². The van der Waals surface area contributed by atoms with Crippen LogP contribution in [0.3, 0.4) is 0 Å². The van der Waals surface area contributed by atoms with Gasteiger partial charge in [0, 0.05) is 6.54 Å². The van der Waals surface area contributed by atoms with E-state index in [9.17, 15) is 0 Å². The summed E-state index contributed by atoms with van der Waals surface area (Å²) in [6.07, 6.45) is 9.36. The van der Waals surface area contributed by atoms with E-state index in [0.717, 1.165) is 6.54 Å². The van der Waals surface area contributed by atoms with Gasteiger partial charge < -0.3 is 5.32 Å². The van der Waals surface area contributed by atoms with Crippen LogP contribution < -0.4 is 5.32 Å². The average molecular weight is 178 g/mol. The Morgan fingerprint density at radius 2 is 2.08 bits per heavy atom. The number of likely N-dealkylation sites (tertiary alicyclic amines) is 1. The van der Waals surface area contributed by atoms with Crippen molar-refractivity contribution in [2.24, 2.45) is 5.41 Å². The minimum absolute atomic E-state index is 0.613. The van der Waals surface area contributed by atoms with Crippen LogP contribution >= 0.6 is 0 Å². The van der Waals surface area contributed by atoms with Crippen molar-refractivity contribution in [1.82, 2.24) is 10.2 Å². The summed E-state index contributed by atoms with van der Waals surface area (Å²) in [6, 6.07) is 0. The van der Waals surface area contributed by atoms with Crippen molar-refractivity contribution in [3.63, 3.8) is 0 Å². The van der Waals surface area contributed by atoms with E-state index >= 15 is 0 Å². The molecule has 0 aliphatic carbocycles. The molecule has 2 saturated heterocycles. The smallest absolute Gasteiger partial charge is 0.0599 e. The number of rotatable bonds is 1. The van der Waals surface area contributed by atoms with Gasteiger partial charge >= 0.3 is 0 Å². The van der Waals surface area contributed by atoms with Gasteiger partial charge in [0.25, 0.3) is 0 Å². The standard InChI is InChI=1S/C11H18N2/c1-2-8-13-9-5-11(10-13)3-6-12-7-4-11/h1,12H,3-10H2. The second-order valence-corrected chi connectivity index (χ2v) is 4.41. The van der Waals surface area contributed by atoms with Crippen molar-refractivity contribution >= 4 is 0 Å². The second kappa shape index (κ2) is 3.69. The molecule has 2 rings (SSSR count). The zero-order valence-corrected chi connectivity index (χ0v) is 8.18. The Morgan fingerprint density at radius 1 is 1.31 bits per heavy atom. The third-order valence-corrected chi connectivity index (χ3v) is 3.50. The molecule has 2 heterocycles. The van der Waals surface area contributed by atoms with E-state index in [1.807, 2.05) is 0 Å².